The van der Waals surface area contributed by atoms with Crippen LogP contribution in [0.3, 0.4) is 0 Å². The Balaban J connectivity index is 4.60. The number of hydrogen-bond donors (Lipinski definition) is 1. The van der Waals surface area contributed by atoms with Crippen molar-refractivity contribution in [2.24, 2.45) is 11.1 Å². The first-order chi connectivity index (χ1) is 6.81. The van der Waals surface area contributed by atoms with Crippen LogP contribution in [-0.2, 0) is 4.74 Å². The van der Waals surface area contributed by atoms with Crippen molar-refractivity contribution < 1.29 is 4.74 Å². The van der Waals surface area contributed by atoms with Crippen LogP contribution in [0.5, 0.6) is 0 Å². The molecule has 0 saturated heterocycles. The zero-order valence-electron chi connectivity index (χ0n) is 11.3. The predicted molar refractivity (Wildman–Crippen MR) is 66.0 cm³/mol. The number of methoxy groups -OCH3 is 1. The Morgan fingerprint density at radius 2 is 1.80 bits per heavy atom. The highest BCUT2D eigenvalue weighted by Crippen LogP contribution is 2.23. The normalized spacial score (nSPS) is 16.8. The molecular weight excluding hydrogens is 188 g/mol. The van der Waals surface area contributed by atoms with E-state index < -0.39 is 0 Å². The second-order valence-electron chi connectivity index (χ2n) is 5.63. The van der Waals surface area contributed by atoms with E-state index in [0.29, 0.717) is 13.2 Å². The second kappa shape index (κ2) is 5.83. The van der Waals surface area contributed by atoms with E-state index >= 15 is 0 Å². The number of nitrogens with zero attached hydrogens (tertiary/aromatic N) is 1. The van der Waals surface area contributed by atoms with Gasteiger partial charge in [-0.15, -0.1) is 0 Å². The lowest BCUT2D eigenvalue weighted by Gasteiger charge is -2.43. The van der Waals surface area contributed by atoms with Crippen LogP contribution in [0.4, 0.5) is 0 Å². The molecule has 0 heterocycles. The third-order valence-electron chi connectivity index (χ3n) is 2.97. The minimum Gasteiger partial charge on any atom is -0.383 e. The quantitative estimate of drug-likeness (QED) is 0.734. The van der Waals surface area contributed by atoms with E-state index in [1.807, 2.05) is 0 Å². The molecule has 3 nitrogen and oxygen atoms in total. The molecule has 92 valence electrons. The molecule has 1 atom stereocenters. The van der Waals surface area contributed by atoms with Gasteiger partial charge in [0, 0.05) is 20.2 Å². The fraction of sp³-hybridized carbons (Fsp3) is 1.00. The molecule has 0 radical (unpaired) electrons. The molecular formula is C12H28N2O. The van der Waals surface area contributed by atoms with E-state index in [4.69, 9.17) is 10.5 Å². The summed E-state index contributed by atoms with van der Waals surface area (Å²) in [6.45, 7) is 11.3. The lowest BCUT2D eigenvalue weighted by atomic mass is 9.90. The van der Waals surface area contributed by atoms with Crippen molar-refractivity contribution in [2.75, 3.05) is 33.9 Å². The standard InChI is InChI=1S/C12H28N2O/c1-7-12(8-13,10-15-6)14(5)9-11(2,3)4/h7-10,13H2,1-6H3. The van der Waals surface area contributed by atoms with E-state index in [9.17, 15) is 0 Å². The Morgan fingerprint density at radius 1 is 1.27 bits per heavy atom. The van der Waals surface area contributed by atoms with Gasteiger partial charge in [-0.3, -0.25) is 4.90 Å². The van der Waals surface area contributed by atoms with Crippen molar-refractivity contribution in [2.45, 2.75) is 39.7 Å². The average Bonchev–Trinajstić information content (AvgIpc) is 2.11. The first-order valence-corrected chi connectivity index (χ1v) is 5.71. The molecule has 2 N–H and O–H groups in total. The summed E-state index contributed by atoms with van der Waals surface area (Å²) in [6, 6.07) is 0. The van der Waals surface area contributed by atoms with E-state index in [-0.39, 0.29) is 11.0 Å². The highest BCUT2D eigenvalue weighted by atomic mass is 16.5. The van der Waals surface area contributed by atoms with E-state index in [1.54, 1.807) is 7.11 Å². The SMILES string of the molecule is CCC(CN)(COC)N(C)CC(C)(C)C. The molecule has 0 aliphatic rings. The lowest BCUT2D eigenvalue weighted by Crippen LogP contribution is -2.56. The second-order valence-corrected chi connectivity index (χ2v) is 5.63. The van der Waals surface area contributed by atoms with Crippen molar-refractivity contribution in [3.05, 3.63) is 0 Å². The molecule has 0 aromatic carbocycles. The van der Waals surface area contributed by atoms with Crippen LogP contribution in [0.25, 0.3) is 0 Å². The molecule has 0 rings (SSSR count). The molecule has 0 fully saturated rings. The molecule has 0 bridgehead atoms. The van der Waals surface area contributed by atoms with Gasteiger partial charge in [0.1, 0.15) is 0 Å². The Kier molecular flexibility index (Phi) is 5.78. The molecule has 15 heavy (non-hydrogen) atoms. The maximum atomic E-state index is 5.90. The van der Waals surface area contributed by atoms with Gasteiger partial charge in [-0.2, -0.15) is 0 Å². The Morgan fingerprint density at radius 3 is 2.07 bits per heavy atom. The van der Waals surface area contributed by atoms with Crippen molar-refractivity contribution in [1.29, 1.82) is 0 Å². The van der Waals surface area contributed by atoms with Crippen molar-refractivity contribution in [1.82, 2.24) is 4.90 Å². The van der Waals surface area contributed by atoms with Gasteiger partial charge in [0.25, 0.3) is 0 Å². The molecule has 0 aliphatic carbocycles. The highest BCUT2D eigenvalue weighted by Gasteiger charge is 2.33. The Labute approximate surface area is 95.0 Å². The van der Waals surface area contributed by atoms with E-state index in [0.717, 1.165) is 13.0 Å². The Hall–Kier alpha value is -0.120. The lowest BCUT2D eigenvalue weighted by molar-refractivity contribution is 0.0112. The monoisotopic (exact) mass is 216 g/mol. The number of likely N-dealkylation sites (N-methyl/N-ethyl adjacent to an activating group) is 1. The molecule has 0 aliphatic heterocycles. The first-order valence-electron chi connectivity index (χ1n) is 5.71. The average molecular weight is 216 g/mol. The molecule has 0 spiro atoms. The minimum absolute atomic E-state index is 0.0119. The van der Waals surface area contributed by atoms with E-state index in [1.165, 1.54) is 0 Å². The van der Waals surface area contributed by atoms with Gasteiger partial charge in [-0.05, 0) is 18.9 Å². The zero-order valence-corrected chi connectivity index (χ0v) is 11.3. The first kappa shape index (κ1) is 14.9. The molecule has 0 aromatic rings. The number of nitrogens with two attached hydrogens (primary N) is 1. The molecule has 0 amide bonds. The molecule has 0 aromatic heterocycles. The van der Waals surface area contributed by atoms with Gasteiger partial charge in [0.15, 0.2) is 0 Å². The summed E-state index contributed by atoms with van der Waals surface area (Å²) in [5, 5.41) is 0. The zero-order chi connectivity index (χ0) is 12.1. The van der Waals surface area contributed by atoms with Crippen molar-refractivity contribution in [3.8, 4) is 0 Å². The number of hydrogen-bond acceptors (Lipinski definition) is 3. The van der Waals surface area contributed by atoms with Crippen LogP contribution in [-0.4, -0.2) is 44.3 Å². The fourth-order valence-corrected chi connectivity index (χ4v) is 1.99. The summed E-state index contributed by atoms with van der Waals surface area (Å²) >= 11 is 0. The van der Waals surface area contributed by atoms with Crippen LogP contribution in [0.1, 0.15) is 34.1 Å². The van der Waals surface area contributed by atoms with Crippen LogP contribution >= 0.6 is 0 Å². The van der Waals surface area contributed by atoms with Gasteiger partial charge >= 0.3 is 0 Å². The smallest absolute Gasteiger partial charge is 0.0658 e. The van der Waals surface area contributed by atoms with Gasteiger partial charge in [0.2, 0.25) is 0 Å². The van der Waals surface area contributed by atoms with Crippen molar-refractivity contribution in [3.63, 3.8) is 0 Å². The maximum absolute atomic E-state index is 5.90. The summed E-state index contributed by atoms with van der Waals surface area (Å²) in [5.41, 5.74) is 6.18. The fourth-order valence-electron chi connectivity index (χ4n) is 1.99. The summed E-state index contributed by atoms with van der Waals surface area (Å²) < 4.78 is 5.30. The summed E-state index contributed by atoms with van der Waals surface area (Å²) in [5.74, 6) is 0. The van der Waals surface area contributed by atoms with E-state index in [2.05, 4.69) is 39.6 Å². The van der Waals surface area contributed by atoms with Gasteiger partial charge in [-0.25, -0.2) is 0 Å². The van der Waals surface area contributed by atoms with Crippen LogP contribution in [0, 0.1) is 5.41 Å². The largest absolute Gasteiger partial charge is 0.383 e. The third-order valence-corrected chi connectivity index (χ3v) is 2.97. The summed E-state index contributed by atoms with van der Waals surface area (Å²) in [4.78, 5) is 2.34. The predicted octanol–water partition coefficient (Wildman–Crippen LogP) is 1.72. The maximum Gasteiger partial charge on any atom is 0.0658 e. The molecule has 3 heteroatoms. The topological polar surface area (TPSA) is 38.5 Å². The molecule has 0 saturated carbocycles. The van der Waals surface area contributed by atoms with Gasteiger partial charge in [-0.1, -0.05) is 27.7 Å². The third kappa shape index (κ3) is 4.49. The number of ether oxygens (including phenoxy) is 1. The molecule has 1 unspecified atom stereocenters. The summed E-state index contributed by atoms with van der Waals surface area (Å²) in [6.07, 6.45) is 1.02. The van der Waals surface area contributed by atoms with Crippen LogP contribution in [0.15, 0.2) is 0 Å². The Bertz CT molecular complexity index is 171. The minimum atomic E-state index is -0.0119. The number of rotatable bonds is 6. The van der Waals surface area contributed by atoms with Gasteiger partial charge in [0.05, 0.1) is 12.1 Å². The van der Waals surface area contributed by atoms with Crippen LogP contribution in [0.2, 0.25) is 0 Å². The van der Waals surface area contributed by atoms with Crippen LogP contribution < -0.4 is 5.73 Å². The highest BCUT2D eigenvalue weighted by molar-refractivity contribution is 4.90. The van der Waals surface area contributed by atoms with Crippen molar-refractivity contribution >= 4 is 0 Å². The summed E-state index contributed by atoms with van der Waals surface area (Å²) in [7, 11) is 3.88. The van der Waals surface area contributed by atoms with Gasteiger partial charge < -0.3 is 10.5 Å².